The van der Waals surface area contributed by atoms with Crippen LogP contribution in [0.3, 0.4) is 0 Å². The van der Waals surface area contributed by atoms with E-state index in [4.69, 9.17) is 0 Å². The van der Waals surface area contributed by atoms with Gasteiger partial charge in [0.1, 0.15) is 5.82 Å². The molecule has 1 aliphatic rings. The highest BCUT2D eigenvalue weighted by molar-refractivity contribution is 5.34. The molecule has 2 N–H and O–H groups in total. The molecule has 0 amide bonds. The summed E-state index contributed by atoms with van der Waals surface area (Å²) in [4.78, 5) is 4.40. The van der Waals surface area contributed by atoms with Gasteiger partial charge in [0.15, 0.2) is 0 Å². The summed E-state index contributed by atoms with van der Waals surface area (Å²) in [6.07, 6.45) is 5.49. The van der Waals surface area contributed by atoms with Crippen LogP contribution in [-0.4, -0.2) is 24.1 Å². The molecule has 16 heavy (non-hydrogen) atoms. The SMILES string of the molecule is Cc1cccc(NCCNC2CCCC2)n1. The highest BCUT2D eigenvalue weighted by atomic mass is 15.0. The smallest absolute Gasteiger partial charge is 0.126 e. The number of nitrogens with zero attached hydrogens (tertiary/aromatic N) is 1. The summed E-state index contributed by atoms with van der Waals surface area (Å²) < 4.78 is 0. The highest BCUT2D eigenvalue weighted by Gasteiger charge is 2.12. The van der Waals surface area contributed by atoms with Crippen LogP contribution in [0.25, 0.3) is 0 Å². The van der Waals surface area contributed by atoms with Gasteiger partial charge in [0.2, 0.25) is 0 Å². The lowest BCUT2D eigenvalue weighted by Gasteiger charge is -2.12. The molecule has 3 heteroatoms. The Bertz CT molecular complexity index is 319. The van der Waals surface area contributed by atoms with E-state index in [0.29, 0.717) is 0 Å². The van der Waals surface area contributed by atoms with E-state index in [9.17, 15) is 0 Å². The van der Waals surface area contributed by atoms with Gasteiger partial charge in [-0.05, 0) is 31.9 Å². The van der Waals surface area contributed by atoms with E-state index in [1.54, 1.807) is 0 Å². The summed E-state index contributed by atoms with van der Waals surface area (Å²) in [5.41, 5.74) is 1.06. The van der Waals surface area contributed by atoms with Crippen molar-refractivity contribution in [3.05, 3.63) is 23.9 Å². The molecule has 1 aliphatic carbocycles. The van der Waals surface area contributed by atoms with E-state index in [1.807, 2.05) is 25.1 Å². The van der Waals surface area contributed by atoms with Gasteiger partial charge in [-0.1, -0.05) is 18.9 Å². The van der Waals surface area contributed by atoms with E-state index in [2.05, 4.69) is 15.6 Å². The van der Waals surface area contributed by atoms with E-state index >= 15 is 0 Å². The largest absolute Gasteiger partial charge is 0.369 e. The van der Waals surface area contributed by atoms with Gasteiger partial charge in [-0.25, -0.2) is 4.98 Å². The molecule has 2 rings (SSSR count). The molecule has 0 atom stereocenters. The summed E-state index contributed by atoms with van der Waals surface area (Å²) in [6, 6.07) is 6.83. The van der Waals surface area contributed by atoms with Crippen LogP contribution in [0, 0.1) is 6.92 Å². The molecule has 1 saturated carbocycles. The van der Waals surface area contributed by atoms with Gasteiger partial charge < -0.3 is 10.6 Å². The number of hydrogen-bond donors (Lipinski definition) is 2. The Morgan fingerprint density at radius 3 is 2.81 bits per heavy atom. The number of rotatable bonds is 5. The maximum Gasteiger partial charge on any atom is 0.126 e. The Morgan fingerprint density at radius 2 is 2.06 bits per heavy atom. The Balaban J connectivity index is 1.64. The summed E-state index contributed by atoms with van der Waals surface area (Å²) in [5, 5.41) is 6.91. The molecule has 3 nitrogen and oxygen atoms in total. The van der Waals surface area contributed by atoms with E-state index < -0.39 is 0 Å². The van der Waals surface area contributed by atoms with Crippen molar-refractivity contribution >= 4 is 5.82 Å². The van der Waals surface area contributed by atoms with E-state index in [0.717, 1.165) is 30.6 Å². The molecule has 1 heterocycles. The number of hydrogen-bond acceptors (Lipinski definition) is 3. The predicted molar refractivity (Wildman–Crippen MR) is 67.7 cm³/mol. The number of aryl methyl sites for hydroxylation is 1. The van der Waals surface area contributed by atoms with Crippen molar-refractivity contribution in [1.29, 1.82) is 0 Å². The summed E-state index contributed by atoms with van der Waals surface area (Å²) in [5.74, 6) is 0.980. The minimum atomic E-state index is 0.757. The summed E-state index contributed by atoms with van der Waals surface area (Å²) in [6.45, 7) is 4.00. The van der Waals surface area contributed by atoms with Gasteiger partial charge in [-0.15, -0.1) is 0 Å². The number of aromatic nitrogens is 1. The first kappa shape index (κ1) is 11.4. The van der Waals surface area contributed by atoms with Crippen LogP contribution >= 0.6 is 0 Å². The molecule has 88 valence electrons. The second kappa shape index (κ2) is 5.85. The third kappa shape index (κ3) is 3.49. The third-order valence-corrected chi connectivity index (χ3v) is 3.11. The molecule has 0 aliphatic heterocycles. The average molecular weight is 219 g/mol. The van der Waals surface area contributed by atoms with Crippen molar-refractivity contribution in [2.24, 2.45) is 0 Å². The first-order chi connectivity index (χ1) is 7.84. The topological polar surface area (TPSA) is 37.0 Å². The fourth-order valence-electron chi connectivity index (χ4n) is 2.24. The highest BCUT2D eigenvalue weighted by Crippen LogP contribution is 2.17. The van der Waals surface area contributed by atoms with Crippen LogP contribution in [0.4, 0.5) is 5.82 Å². The van der Waals surface area contributed by atoms with Crippen molar-refractivity contribution in [1.82, 2.24) is 10.3 Å². The van der Waals surface area contributed by atoms with E-state index in [1.165, 1.54) is 25.7 Å². The molecule has 0 bridgehead atoms. The van der Waals surface area contributed by atoms with Crippen molar-refractivity contribution in [3.63, 3.8) is 0 Å². The van der Waals surface area contributed by atoms with Crippen LogP contribution in [0.15, 0.2) is 18.2 Å². The molecule has 1 fully saturated rings. The van der Waals surface area contributed by atoms with E-state index in [-0.39, 0.29) is 0 Å². The standard InChI is InChI=1S/C13H21N3/c1-11-5-4-8-13(16-11)15-10-9-14-12-6-2-3-7-12/h4-5,8,12,14H,2-3,6-7,9-10H2,1H3,(H,15,16). The molecular weight excluding hydrogens is 198 g/mol. The number of pyridine rings is 1. The second-order valence-electron chi connectivity index (χ2n) is 4.53. The van der Waals surface area contributed by atoms with Crippen LogP contribution in [0.5, 0.6) is 0 Å². The third-order valence-electron chi connectivity index (χ3n) is 3.11. The average Bonchev–Trinajstić information content (AvgIpc) is 2.77. The normalized spacial score (nSPS) is 16.6. The maximum absolute atomic E-state index is 4.40. The quantitative estimate of drug-likeness (QED) is 0.746. The van der Waals surface area contributed by atoms with Crippen molar-refractivity contribution in [3.8, 4) is 0 Å². The van der Waals surface area contributed by atoms with Crippen molar-refractivity contribution in [2.45, 2.75) is 38.6 Å². The second-order valence-corrected chi connectivity index (χ2v) is 4.53. The molecule has 0 radical (unpaired) electrons. The predicted octanol–water partition coefficient (Wildman–Crippen LogP) is 2.33. The van der Waals surface area contributed by atoms with Gasteiger partial charge in [-0.2, -0.15) is 0 Å². The number of anilines is 1. The monoisotopic (exact) mass is 219 g/mol. The molecule has 0 saturated heterocycles. The van der Waals surface area contributed by atoms with Crippen molar-refractivity contribution < 1.29 is 0 Å². The molecule has 0 spiro atoms. The molecule has 0 aromatic carbocycles. The lowest BCUT2D eigenvalue weighted by atomic mass is 10.2. The fraction of sp³-hybridized carbons (Fsp3) is 0.615. The van der Waals surface area contributed by atoms with Gasteiger partial charge in [0, 0.05) is 24.8 Å². The van der Waals surface area contributed by atoms with Crippen molar-refractivity contribution in [2.75, 3.05) is 18.4 Å². The minimum absolute atomic E-state index is 0.757. The maximum atomic E-state index is 4.40. The van der Waals surface area contributed by atoms with Gasteiger partial charge in [-0.3, -0.25) is 0 Å². The summed E-state index contributed by atoms with van der Waals surface area (Å²) in [7, 11) is 0. The molecule has 1 aromatic heterocycles. The van der Waals surface area contributed by atoms with Gasteiger partial charge in [0.25, 0.3) is 0 Å². The van der Waals surface area contributed by atoms with Gasteiger partial charge >= 0.3 is 0 Å². The fourth-order valence-corrected chi connectivity index (χ4v) is 2.24. The Morgan fingerprint density at radius 1 is 1.25 bits per heavy atom. The first-order valence-electron chi connectivity index (χ1n) is 6.25. The molecule has 0 unspecified atom stereocenters. The van der Waals surface area contributed by atoms with Crippen LogP contribution in [0.2, 0.25) is 0 Å². The Kier molecular flexibility index (Phi) is 4.17. The zero-order valence-electron chi connectivity index (χ0n) is 10.00. The Hall–Kier alpha value is -1.09. The molecular formula is C13H21N3. The first-order valence-corrected chi connectivity index (χ1v) is 6.25. The Labute approximate surface area is 97.7 Å². The van der Waals surface area contributed by atoms with Crippen LogP contribution < -0.4 is 10.6 Å². The zero-order valence-corrected chi connectivity index (χ0v) is 10.00. The van der Waals surface area contributed by atoms with Crippen LogP contribution in [-0.2, 0) is 0 Å². The van der Waals surface area contributed by atoms with Crippen LogP contribution in [0.1, 0.15) is 31.4 Å². The lowest BCUT2D eigenvalue weighted by molar-refractivity contribution is 0.536. The van der Waals surface area contributed by atoms with Gasteiger partial charge in [0.05, 0.1) is 0 Å². The molecule has 1 aromatic rings. The minimum Gasteiger partial charge on any atom is -0.369 e. The zero-order chi connectivity index (χ0) is 11.2. The number of nitrogens with one attached hydrogen (secondary N) is 2. The lowest BCUT2D eigenvalue weighted by Crippen LogP contribution is -2.30. The summed E-state index contributed by atoms with van der Waals surface area (Å²) >= 11 is 0.